The Balaban J connectivity index is 3.02. The molecule has 2 N–H and O–H groups in total. The minimum absolute atomic E-state index is 0.0630. The van der Waals surface area contributed by atoms with Crippen molar-refractivity contribution >= 4 is 5.91 Å². The molecule has 1 unspecified atom stereocenters. The van der Waals surface area contributed by atoms with Crippen LogP contribution in [0.5, 0.6) is 0 Å². The molecule has 1 aromatic rings. The molecule has 0 fully saturated rings. The molecule has 0 heterocycles. The van der Waals surface area contributed by atoms with Crippen LogP contribution in [0.25, 0.3) is 0 Å². The molecule has 0 aliphatic carbocycles. The molecular weight excluding hydrogens is 236 g/mol. The SMILES string of the molecule is Cc1ccc(C(C)(C)C)cc1C(N)CC(=O)N(C)C. The van der Waals surface area contributed by atoms with E-state index in [1.54, 1.807) is 19.0 Å². The first kappa shape index (κ1) is 15.7. The standard InChI is InChI=1S/C16H26N2O/c1-11-7-8-12(16(2,3)4)9-13(11)14(17)10-15(19)18(5)6/h7-9,14H,10,17H2,1-6H3. The van der Waals surface area contributed by atoms with Crippen LogP contribution in [0.3, 0.4) is 0 Å². The Hall–Kier alpha value is -1.35. The predicted octanol–water partition coefficient (Wildman–Crippen LogP) is 2.77. The number of hydrogen-bond acceptors (Lipinski definition) is 2. The Bertz CT molecular complexity index is 458. The molecular formula is C16H26N2O. The minimum Gasteiger partial charge on any atom is -0.349 e. The maximum atomic E-state index is 11.8. The van der Waals surface area contributed by atoms with E-state index in [9.17, 15) is 4.79 Å². The third-order valence-corrected chi connectivity index (χ3v) is 3.44. The Morgan fingerprint density at radius 1 is 1.32 bits per heavy atom. The Morgan fingerprint density at radius 3 is 2.37 bits per heavy atom. The van der Waals surface area contributed by atoms with Gasteiger partial charge in [0.15, 0.2) is 0 Å². The van der Waals surface area contributed by atoms with Crippen molar-refractivity contribution in [3.8, 4) is 0 Å². The second-order valence-corrected chi connectivity index (χ2v) is 6.42. The van der Waals surface area contributed by atoms with Crippen LogP contribution in [0.15, 0.2) is 18.2 Å². The number of benzene rings is 1. The van der Waals surface area contributed by atoms with Gasteiger partial charge in [-0.1, -0.05) is 39.0 Å². The van der Waals surface area contributed by atoms with E-state index in [-0.39, 0.29) is 17.4 Å². The molecule has 3 heteroatoms. The largest absolute Gasteiger partial charge is 0.349 e. The van der Waals surface area contributed by atoms with Crippen molar-refractivity contribution in [1.29, 1.82) is 0 Å². The van der Waals surface area contributed by atoms with Crippen molar-refractivity contribution in [2.24, 2.45) is 5.73 Å². The molecule has 106 valence electrons. The van der Waals surface area contributed by atoms with Gasteiger partial charge in [0, 0.05) is 26.6 Å². The van der Waals surface area contributed by atoms with E-state index < -0.39 is 0 Å². The highest BCUT2D eigenvalue weighted by Gasteiger charge is 2.19. The zero-order valence-corrected chi connectivity index (χ0v) is 12.9. The van der Waals surface area contributed by atoms with E-state index in [4.69, 9.17) is 5.73 Å². The van der Waals surface area contributed by atoms with Gasteiger partial charge in [-0.25, -0.2) is 0 Å². The van der Waals surface area contributed by atoms with Gasteiger partial charge >= 0.3 is 0 Å². The summed E-state index contributed by atoms with van der Waals surface area (Å²) in [6, 6.07) is 6.13. The summed E-state index contributed by atoms with van der Waals surface area (Å²) >= 11 is 0. The first-order valence-corrected chi connectivity index (χ1v) is 6.69. The molecule has 0 aliphatic heterocycles. The molecule has 1 rings (SSSR count). The lowest BCUT2D eigenvalue weighted by Crippen LogP contribution is -2.27. The highest BCUT2D eigenvalue weighted by molar-refractivity contribution is 5.76. The number of nitrogens with two attached hydrogens (primary N) is 1. The van der Waals surface area contributed by atoms with Gasteiger partial charge < -0.3 is 10.6 Å². The van der Waals surface area contributed by atoms with Crippen LogP contribution in [-0.4, -0.2) is 24.9 Å². The highest BCUT2D eigenvalue weighted by Crippen LogP contribution is 2.27. The molecule has 1 aromatic carbocycles. The number of aryl methyl sites for hydroxylation is 1. The van der Waals surface area contributed by atoms with E-state index in [0.717, 1.165) is 11.1 Å². The second-order valence-electron chi connectivity index (χ2n) is 6.42. The van der Waals surface area contributed by atoms with Crippen molar-refractivity contribution in [3.63, 3.8) is 0 Å². The molecule has 0 aromatic heterocycles. The first-order valence-electron chi connectivity index (χ1n) is 6.69. The summed E-state index contributed by atoms with van der Waals surface area (Å²) in [6.45, 7) is 8.58. The van der Waals surface area contributed by atoms with Gasteiger partial charge in [-0.15, -0.1) is 0 Å². The highest BCUT2D eigenvalue weighted by atomic mass is 16.2. The summed E-state index contributed by atoms with van der Waals surface area (Å²) in [5.41, 5.74) is 9.76. The monoisotopic (exact) mass is 262 g/mol. The lowest BCUT2D eigenvalue weighted by Gasteiger charge is -2.23. The van der Waals surface area contributed by atoms with Gasteiger partial charge in [-0.3, -0.25) is 4.79 Å². The topological polar surface area (TPSA) is 46.3 Å². The lowest BCUT2D eigenvalue weighted by atomic mass is 9.84. The molecule has 0 radical (unpaired) electrons. The number of nitrogens with zero attached hydrogens (tertiary/aromatic N) is 1. The van der Waals surface area contributed by atoms with Crippen molar-refractivity contribution in [1.82, 2.24) is 4.90 Å². The van der Waals surface area contributed by atoms with Crippen LogP contribution in [0.1, 0.15) is 49.9 Å². The van der Waals surface area contributed by atoms with Crippen LogP contribution in [-0.2, 0) is 10.2 Å². The van der Waals surface area contributed by atoms with E-state index in [0.29, 0.717) is 6.42 Å². The van der Waals surface area contributed by atoms with E-state index in [1.807, 2.05) is 6.92 Å². The van der Waals surface area contributed by atoms with Gasteiger partial charge in [-0.2, -0.15) is 0 Å². The quantitative estimate of drug-likeness (QED) is 0.910. The summed E-state index contributed by atoms with van der Waals surface area (Å²) in [4.78, 5) is 13.4. The summed E-state index contributed by atoms with van der Waals surface area (Å²) in [7, 11) is 3.51. The number of rotatable bonds is 3. The fourth-order valence-electron chi connectivity index (χ4n) is 1.99. The van der Waals surface area contributed by atoms with Gasteiger partial charge in [0.05, 0.1) is 0 Å². The van der Waals surface area contributed by atoms with Crippen molar-refractivity contribution in [3.05, 3.63) is 34.9 Å². The number of carbonyl (C=O) groups excluding carboxylic acids is 1. The average Bonchev–Trinajstić information content (AvgIpc) is 2.27. The van der Waals surface area contributed by atoms with Crippen molar-refractivity contribution in [2.75, 3.05) is 14.1 Å². The Labute approximate surface area is 116 Å². The normalized spacial score (nSPS) is 13.2. The Kier molecular flexibility index (Phi) is 4.75. The lowest BCUT2D eigenvalue weighted by molar-refractivity contribution is -0.129. The van der Waals surface area contributed by atoms with E-state index in [1.165, 1.54) is 5.56 Å². The van der Waals surface area contributed by atoms with Gasteiger partial charge in [0.1, 0.15) is 0 Å². The summed E-state index contributed by atoms with van der Waals surface area (Å²) < 4.78 is 0. The predicted molar refractivity (Wildman–Crippen MR) is 80.1 cm³/mol. The van der Waals surface area contributed by atoms with Crippen LogP contribution >= 0.6 is 0 Å². The van der Waals surface area contributed by atoms with E-state index >= 15 is 0 Å². The number of hydrogen-bond donors (Lipinski definition) is 1. The summed E-state index contributed by atoms with van der Waals surface area (Å²) in [5.74, 6) is 0.0630. The maximum Gasteiger partial charge on any atom is 0.223 e. The van der Waals surface area contributed by atoms with Crippen molar-refractivity contribution in [2.45, 2.75) is 45.6 Å². The molecule has 3 nitrogen and oxygen atoms in total. The third kappa shape index (κ3) is 4.06. The fraction of sp³-hybridized carbons (Fsp3) is 0.562. The van der Waals surface area contributed by atoms with E-state index in [2.05, 4.69) is 39.0 Å². The minimum atomic E-state index is -0.239. The molecule has 19 heavy (non-hydrogen) atoms. The maximum absolute atomic E-state index is 11.8. The molecule has 0 saturated heterocycles. The smallest absolute Gasteiger partial charge is 0.223 e. The zero-order valence-electron chi connectivity index (χ0n) is 12.9. The van der Waals surface area contributed by atoms with Crippen molar-refractivity contribution < 1.29 is 4.79 Å². The van der Waals surface area contributed by atoms with Gasteiger partial charge in [0.25, 0.3) is 0 Å². The zero-order chi connectivity index (χ0) is 14.8. The van der Waals surface area contributed by atoms with Crippen LogP contribution in [0, 0.1) is 6.92 Å². The third-order valence-electron chi connectivity index (χ3n) is 3.44. The molecule has 0 aliphatic rings. The van der Waals surface area contributed by atoms with Crippen LogP contribution in [0.2, 0.25) is 0 Å². The number of carbonyl (C=O) groups is 1. The molecule has 1 amide bonds. The number of amides is 1. The van der Waals surface area contributed by atoms with Gasteiger partial charge in [0.2, 0.25) is 5.91 Å². The van der Waals surface area contributed by atoms with Crippen LogP contribution in [0.4, 0.5) is 0 Å². The van der Waals surface area contributed by atoms with Gasteiger partial charge in [-0.05, 0) is 29.0 Å². The summed E-state index contributed by atoms with van der Waals surface area (Å²) in [5, 5.41) is 0. The fourth-order valence-corrected chi connectivity index (χ4v) is 1.99. The molecule has 0 saturated carbocycles. The molecule has 0 bridgehead atoms. The molecule has 1 atom stereocenters. The molecule has 0 spiro atoms. The van der Waals surface area contributed by atoms with Crippen LogP contribution < -0.4 is 5.73 Å². The summed E-state index contributed by atoms with van der Waals surface area (Å²) in [6.07, 6.45) is 0.349. The average molecular weight is 262 g/mol. The Morgan fingerprint density at radius 2 is 1.89 bits per heavy atom. The second kappa shape index (κ2) is 5.74. The first-order chi connectivity index (χ1) is 8.62.